The summed E-state index contributed by atoms with van der Waals surface area (Å²) in [6, 6.07) is 6.01. The van der Waals surface area contributed by atoms with Crippen LogP contribution in [0.1, 0.15) is 0 Å². The van der Waals surface area contributed by atoms with Crippen LogP contribution in [-0.4, -0.2) is 46.7 Å². The molecule has 3 aromatic rings. The van der Waals surface area contributed by atoms with Crippen molar-refractivity contribution in [2.75, 3.05) is 25.0 Å². The van der Waals surface area contributed by atoms with Gasteiger partial charge >= 0.3 is 6.09 Å². The minimum atomic E-state index is -0.402. The number of amides is 1. The maximum absolute atomic E-state index is 11.2. The van der Waals surface area contributed by atoms with Crippen molar-refractivity contribution >= 4 is 44.5 Å². The number of hydrogen-bond donors (Lipinski definition) is 1. The molecule has 0 bridgehead atoms. The third-order valence-electron chi connectivity index (χ3n) is 3.89. The molecule has 1 amide bonds. The Hall–Kier alpha value is -2.35. The second-order valence-corrected chi connectivity index (χ2v) is 6.29. The summed E-state index contributed by atoms with van der Waals surface area (Å²) in [6.07, 6.45) is 3.22. The van der Waals surface area contributed by atoms with Gasteiger partial charge in [0.05, 0.1) is 24.1 Å². The Labute approximate surface area is 140 Å². The fourth-order valence-electron chi connectivity index (χ4n) is 2.74. The molecule has 8 heteroatoms. The van der Waals surface area contributed by atoms with E-state index in [0.29, 0.717) is 18.7 Å². The zero-order chi connectivity index (χ0) is 16.0. The topological polar surface area (TPSA) is 71.8 Å². The lowest BCUT2D eigenvalue weighted by molar-refractivity contribution is 0.0824. The van der Waals surface area contributed by atoms with E-state index in [-0.39, 0.29) is 6.10 Å². The van der Waals surface area contributed by atoms with Gasteiger partial charge in [0.1, 0.15) is 6.10 Å². The molecule has 0 aliphatic carbocycles. The molecular weight excluding hydrogens is 362 g/mol. The van der Waals surface area contributed by atoms with E-state index >= 15 is 0 Å². The van der Waals surface area contributed by atoms with E-state index in [1.165, 1.54) is 0 Å². The highest BCUT2D eigenvalue weighted by molar-refractivity contribution is 9.10. The molecule has 1 fully saturated rings. The average Bonchev–Trinajstić information content (AvgIpc) is 3.00. The predicted octanol–water partition coefficient (Wildman–Crippen LogP) is 2.19. The zero-order valence-corrected chi connectivity index (χ0v) is 13.9. The number of hydrogen-bond acceptors (Lipinski definition) is 5. The van der Waals surface area contributed by atoms with E-state index in [4.69, 9.17) is 4.74 Å². The molecule has 0 saturated carbocycles. The lowest BCUT2D eigenvalue weighted by Crippen LogP contribution is -2.54. The minimum absolute atomic E-state index is 0.111. The predicted molar refractivity (Wildman–Crippen MR) is 89.7 cm³/mol. The maximum atomic E-state index is 11.2. The summed E-state index contributed by atoms with van der Waals surface area (Å²) >= 11 is 3.45. The van der Waals surface area contributed by atoms with Crippen LogP contribution in [0, 0.1) is 0 Å². The molecule has 0 radical (unpaired) electrons. The average molecular weight is 376 g/mol. The third kappa shape index (κ3) is 2.39. The van der Waals surface area contributed by atoms with Gasteiger partial charge in [0.25, 0.3) is 0 Å². The van der Waals surface area contributed by atoms with Gasteiger partial charge in [-0.25, -0.2) is 14.8 Å². The monoisotopic (exact) mass is 375 g/mol. The van der Waals surface area contributed by atoms with Crippen LogP contribution in [0.5, 0.6) is 0 Å². The molecule has 3 aromatic heterocycles. The Morgan fingerprint density at radius 3 is 3.04 bits per heavy atom. The molecule has 4 rings (SSSR count). The summed E-state index contributed by atoms with van der Waals surface area (Å²) in [7, 11) is 1.55. The normalized spacial score (nSPS) is 15.0. The van der Waals surface area contributed by atoms with Crippen molar-refractivity contribution in [3.05, 3.63) is 35.1 Å². The Bertz CT molecular complexity index is 903. The number of fused-ring (bicyclic) bond motifs is 3. The van der Waals surface area contributed by atoms with Gasteiger partial charge < -0.3 is 19.4 Å². The molecule has 118 valence electrons. The van der Waals surface area contributed by atoms with E-state index in [2.05, 4.69) is 40.5 Å². The number of nitrogens with zero attached hydrogens (tertiary/aromatic N) is 4. The maximum Gasteiger partial charge on any atom is 0.407 e. The molecule has 1 N–H and O–H groups in total. The number of rotatable bonds is 2. The molecule has 4 heterocycles. The summed E-state index contributed by atoms with van der Waals surface area (Å²) < 4.78 is 8.22. The van der Waals surface area contributed by atoms with Crippen LogP contribution >= 0.6 is 15.9 Å². The standard InChI is InChI=1S/C15H14BrN5O2/c1-17-15(22)23-10-7-20(8-10)14-11-3-2-4-21(11)12-5-9(16)6-18-13(12)19-14/h2-6,10H,7-8H2,1H3,(H,17,22). The molecule has 23 heavy (non-hydrogen) atoms. The SMILES string of the molecule is CNC(=O)OC1CN(c2nc3ncc(Br)cc3n3cccc23)C1. The number of ether oxygens (including phenoxy) is 1. The third-order valence-corrected chi connectivity index (χ3v) is 4.32. The fourth-order valence-corrected chi connectivity index (χ4v) is 3.06. The summed E-state index contributed by atoms with van der Waals surface area (Å²) in [5.74, 6) is 0.856. The molecule has 0 atom stereocenters. The zero-order valence-electron chi connectivity index (χ0n) is 12.4. The van der Waals surface area contributed by atoms with E-state index < -0.39 is 6.09 Å². The number of nitrogens with one attached hydrogen (secondary N) is 1. The molecule has 0 aromatic carbocycles. The molecule has 1 aliphatic rings. The Morgan fingerprint density at radius 2 is 2.26 bits per heavy atom. The van der Waals surface area contributed by atoms with Crippen molar-refractivity contribution in [3.63, 3.8) is 0 Å². The van der Waals surface area contributed by atoms with Gasteiger partial charge in [-0.15, -0.1) is 0 Å². The Balaban J connectivity index is 1.69. The van der Waals surface area contributed by atoms with Gasteiger partial charge in [-0.1, -0.05) is 0 Å². The largest absolute Gasteiger partial charge is 0.442 e. The van der Waals surface area contributed by atoms with E-state index in [1.807, 2.05) is 24.4 Å². The van der Waals surface area contributed by atoms with Gasteiger partial charge in [-0.2, -0.15) is 0 Å². The Kier molecular flexibility index (Phi) is 3.33. The van der Waals surface area contributed by atoms with Crippen LogP contribution in [0.4, 0.5) is 10.6 Å². The Morgan fingerprint density at radius 1 is 1.43 bits per heavy atom. The van der Waals surface area contributed by atoms with E-state index in [1.54, 1.807) is 13.2 Å². The van der Waals surface area contributed by atoms with E-state index in [9.17, 15) is 4.79 Å². The van der Waals surface area contributed by atoms with Crippen LogP contribution in [0.3, 0.4) is 0 Å². The van der Waals surface area contributed by atoms with Crippen LogP contribution in [0.15, 0.2) is 35.1 Å². The van der Waals surface area contributed by atoms with Crippen molar-refractivity contribution in [3.8, 4) is 0 Å². The number of aromatic nitrogens is 3. The number of anilines is 1. The van der Waals surface area contributed by atoms with Crippen molar-refractivity contribution in [2.24, 2.45) is 0 Å². The van der Waals surface area contributed by atoms with Crippen molar-refractivity contribution in [2.45, 2.75) is 6.10 Å². The number of carbonyl (C=O) groups excluding carboxylic acids is 1. The highest BCUT2D eigenvalue weighted by Gasteiger charge is 2.32. The number of carbonyl (C=O) groups is 1. The number of alkyl carbamates (subject to hydrolysis) is 1. The second-order valence-electron chi connectivity index (χ2n) is 5.38. The van der Waals surface area contributed by atoms with Crippen LogP contribution in [0.25, 0.3) is 16.7 Å². The first kappa shape index (κ1) is 14.3. The van der Waals surface area contributed by atoms with Crippen molar-refractivity contribution < 1.29 is 9.53 Å². The first-order valence-corrected chi connectivity index (χ1v) is 8.00. The van der Waals surface area contributed by atoms with Gasteiger partial charge in [0, 0.05) is 23.9 Å². The molecule has 0 unspecified atom stereocenters. The fraction of sp³-hybridized carbons (Fsp3) is 0.267. The molecule has 0 spiro atoms. The van der Waals surface area contributed by atoms with Crippen molar-refractivity contribution in [1.29, 1.82) is 0 Å². The first-order chi connectivity index (χ1) is 11.2. The van der Waals surface area contributed by atoms with Crippen LogP contribution in [-0.2, 0) is 4.74 Å². The molecular formula is C15H14BrN5O2. The molecule has 7 nitrogen and oxygen atoms in total. The van der Waals surface area contributed by atoms with Gasteiger partial charge in [0.15, 0.2) is 11.5 Å². The van der Waals surface area contributed by atoms with Gasteiger partial charge in [-0.05, 0) is 34.1 Å². The van der Waals surface area contributed by atoms with E-state index in [0.717, 1.165) is 21.3 Å². The summed E-state index contributed by atoms with van der Waals surface area (Å²) in [6.45, 7) is 1.26. The smallest absolute Gasteiger partial charge is 0.407 e. The lowest BCUT2D eigenvalue weighted by Gasteiger charge is -2.39. The quantitative estimate of drug-likeness (QED) is 0.743. The highest BCUT2D eigenvalue weighted by atomic mass is 79.9. The van der Waals surface area contributed by atoms with Crippen LogP contribution < -0.4 is 10.2 Å². The minimum Gasteiger partial charge on any atom is -0.442 e. The molecule has 1 aliphatic heterocycles. The van der Waals surface area contributed by atoms with Gasteiger partial charge in [-0.3, -0.25) is 0 Å². The molecule has 1 saturated heterocycles. The van der Waals surface area contributed by atoms with Crippen molar-refractivity contribution in [1.82, 2.24) is 19.7 Å². The second kappa shape index (κ2) is 5.38. The summed E-state index contributed by atoms with van der Waals surface area (Å²) in [4.78, 5) is 22.4. The van der Waals surface area contributed by atoms with Crippen LogP contribution in [0.2, 0.25) is 0 Å². The number of halogens is 1. The first-order valence-electron chi connectivity index (χ1n) is 7.21. The number of pyridine rings is 1. The summed E-state index contributed by atoms with van der Waals surface area (Å²) in [5.41, 5.74) is 2.64. The lowest BCUT2D eigenvalue weighted by atomic mass is 10.1. The van der Waals surface area contributed by atoms with Gasteiger partial charge in [0.2, 0.25) is 0 Å². The summed E-state index contributed by atoms with van der Waals surface area (Å²) in [5, 5.41) is 2.46. The highest BCUT2D eigenvalue weighted by Crippen LogP contribution is 2.29.